The summed E-state index contributed by atoms with van der Waals surface area (Å²) in [7, 11) is 0. The Morgan fingerprint density at radius 2 is 2.21 bits per heavy atom. The lowest BCUT2D eigenvalue weighted by Gasteiger charge is -2.11. The molecule has 0 unspecified atom stereocenters. The number of hydrogen-bond acceptors (Lipinski definition) is 5. The van der Waals surface area contributed by atoms with E-state index < -0.39 is 0 Å². The summed E-state index contributed by atoms with van der Waals surface area (Å²) in [5.74, 6) is 3.40. The van der Waals surface area contributed by atoms with Crippen molar-refractivity contribution in [2.24, 2.45) is 11.8 Å². The third-order valence-corrected chi connectivity index (χ3v) is 5.29. The minimum absolute atomic E-state index is 0.100. The molecule has 0 saturated heterocycles. The van der Waals surface area contributed by atoms with Crippen LogP contribution in [0.25, 0.3) is 22.0 Å². The maximum Gasteiger partial charge on any atom is 0.228 e. The standard InChI is InChI=1S/C23H19N5O/c1-3-14-5-4-13(2)17(8-14)20-10-16-11-21(26-12-19(16)22(25)27-20)28-23(29)18-9-15(18)6-7-24/h1,4-5,8,10-12,15,18H,6,9H2,2H3,(H2,25,27)(H,26,28,29)/t15-,18-/m1/s1. The Morgan fingerprint density at radius 3 is 2.97 bits per heavy atom. The molecule has 6 heteroatoms. The number of pyridine rings is 2. The lowest BCUT2D eigenvalue weighted by molar-refractivity contribution is -0.117. The quantitative estimate of drug-likeness (QED) is 0.671. The zero-order chi connectivity index (χ0) is 20.5. The van der Waals surface area contributed by atoms with E-state index in [-0.39, 0.29) is 17.7 Å². The van der Waals surface area contributed by atoms with Crippen molar-refractivity contribution in [3.8, 4) is 29.7 Å². The van der Waals surface area contributed by atoms with Gasteiger partial charge in [-0.05, 0) is 54.5 Å². The normalized spacial score (nSPS) is 17.3. The van der Waals surface area contributed by atoms with Crippen molar-refractivity contribution in [2.45, 2.75) is 19.8 Å². The number of benzene rings is 1. The highest BCUT2D eigenvalue weighted by molar-refractivity contribution is 5.98. The molecule has 0 spiro atoms. The summed E-state index contributed by atoms with van der Waals surface area (Å²) in [5, 5.41) is 13.1. The molecule has 0 bridgehead atoms. The molecule has 2 heterocycles. The Morgan fingerprint density at radius 1 is 1.38 bits per heavy atom. The zero-order valence-electron chi connectivity index (χ0n) is 15.9. The number of carbonyl (C=O) groups excluding carboxylic acids is 1. The van der Waals surface area contributed by atoms with E-state index in [2.05, 4.69) is 27.3 Å². The largest absolute Gasteiger partial charge is 0.383 e. The first-order valence-corrected chi connectivity index (χ1v) is 9.32. The lowest BCUT2D eigenvalue weighted by Crippen LogP contribution is -2.15. The van der Waals surface area contributed by atoms with Crippen LogP contribution in [0, 0.1) is 42.4 Å². The van der Waals surface area contributed by atoms with Gasteiger partial charge in [-0.2, -0.15) is 5.26 Å². The average Bonchev–Trinajstić information content (AvgIpc) is 3.48. The highest BCUT2D eigenvalue weighted by Crippen LogP contribution is 2.41. The van der Waals surface area contributed by atoms with Crippen LogP contribution in [0.2, 0.25) is 0 Å². The third kappa shape index (κ3) is 3.61. The van der Waals surface area contributed by atoms with Gasteiger partial charge in [0.25, 0.3) is 0 Å². The number of nitrogens with one attached hydrogen (secondary N) is 1. The van der Waals surface area contributed by atoms with Crippen LogP contribution < -0.4 is 11.1 Å². The number of anilines is 2. The minimum atomic E-state index is -0.112. The highest BCUT2D eigenvalue weighted by Gasteiger charge is 2.42. The fourth-order valence-electron chi connectivity index (χ4n) is 3.50. The summed E-state index contributed by atoms with van der Waals surface area (Å²) in [6, 6.07) is 11.6. The fraction of sp³-hybridized carbons (Fsp3) is 0.217. The molecule has 142 valence electrons. The third-order valence-electron chi connectivity index (χ3n) is 5.29. The number of rotatable bonds is 4. The molecule has 29 heavy (non-hydrogen) atoms. The number of nitriles is 1. The van der Waals surface area contributed by atoms with Crippen LogP contribution in [0.5, 0.6) is 0 Å². The number of nitrogens with zero attached hydrogens (tertiary/aromatic N) is 3. The number of nitrogen functional groups attached to an aromatic ring is 1. The van der Waals surface area contributed by atoms with Gasteiger partial charge in [-0.15, -0.1) is 6.42 Å². The van der Waals surface area contributed by atoms with Gasteiger partial charge in [-0.1, -0.05) is 12.0 Å². The molecular weight excluding hydrogens is 362 g/mol. The minimum Gasteiger partial charge on any atom is -0.383 e. The molecule has 0 radical (unpaired) electrons. The molecule has 3 N–H and O–H groups in total. The number of carbonyl (C=O) groups is 1. The van der Waals surface area contributed by atoms with Crippen molar-refractivity contribution in [1.82, 2.24) is 9.97 Å². The topological polar surface area (TPSA) is 105 Å². The summed E-state index contributed by atoms with van der Waals surface area (Å²) >= 11 is 0. The van der Waals surface area contributed by atoms with E-state index in [0.29, 0.717) is 29.1 Å². The highest BCUT2D eigenvalue weighted by atomic mass is 16.2. The van der Waals surface area contributed by atoms with Gasteiger partial charge in [0.2, 0.25) is 5.91 Å². The molecule has 1 saturated carbocycles. The Bertz CT molecular complexity index is 1220. The average molecular weight is 381 g/mol. The van der Waals surface area contributed by atoms with Gasteiger partial charge in [0.1, 0.15) is 11.6 Å². The van der Waals surface area contributed by atoms with E-state index in [1.807, 2.05) is 31.2 Å². The maximum absolute atomic E-state index is 12.4. The van der Waals surface area contributed by atoms with Crippen LogP contribution in [-0.2, 0) is 4.79 Å². The molecule has 0 aliphatic heterocycles. The number of nitrogens with two attached hydrogens (primary N) is 1. The van der Waals surface area contributed by atoms with Gasteiger partial charge in [0.15, 0.2) is 0 Å². The van der Waals surface area contributed by atoms with Crippen molar-refractivity contribution in [3.63, 3.8) is 0 Å². The molecule has 1 fully saturated rings. The molecule has 2 aromatic heterocycles. The zero-order valence-corrected chi connectivity index (χ0v) is 15.9. The number of fused-ring (bicyclic) bond motifs is 1. The second-order valence-corrected chi connectivity index (χ2v) is 7.31. The predicted molar refractivity (Wildman–Crippen MR) is 113 cm³/mol. The van der Waals surface area contributed by atoms with Crippen molar-refractivity contribution in [2.75, 3.05) is 11.1 Å². The van der Waals surface area contributed by atoms with E-state index >= 15 is 0 Å². The molecule has 2 atom stereocenters. The second kappa shape index (κ2) is 7.26. The van der Waals surface area contributed by atoms with Crippen LogP contribution in [0.15, 0.2) is 36.5 Å². The summed E-state index contributed by atoms with van der Waals surface area (Å²) in [4.78, 5) is 21.2. The van der Waals surface area contributed by atoms with Gasteiger partial charge in [-0.25, -0.2) is 9.97 Å². The predicted octanol–water partition coefficient (Wildman–Crippen LogP) is 3.66. The first-order valence-electron chi connectivity index (χ1n) is 9.32. The fourth-order valence-corrected chi connectivity index (χ4v) is 3.50. The summed E-state index contributed by atoms with van der Waals surface area (Å²) in [6.07, 6.45) is 8.30. The van der Waals surface area contributed by atoms with Crippen molar-refractivity contribution in [3.05, 3.63) is 47.7 Å². The van der Waals surface area contributed by atoms with E-state index in [9.17, 15) is 4.79 Å². The molecular formula is C23H19N5O. The van der Waals surface area contributed by atoms with Crippen LogP contribution >= 0.6 is 0 Å². The lowest BCUT2D eigenvalue weighted by atomic mass is 10.0. The Hall–Kier alpha value is -3.90. The molecule has 1 aliphatic rings. The number of terminal acetylenes is 1. The molecule has 1 aliphatic carbocycles. The number of aromatic nitrogens is 2. The van der Waals surface area contributed by atoms with Gasteiger partial charge >= 0.3 is 0 Å². The smallest absolute Gasteiger partial charge is 0.228 e. The Kier molecular flexibility index (Phi) is 4.62. The maximum atomic E-state index is 12.4. The van der Waals surface area contributed by atoms with E-state index in [1.165, 1.54) is 0 Å². The Balaban J connectivity index is 1.67. The number of hydrogen-bond donors (Lipinski definition) is 2. The van der Waals surface area contributed by atoms with E-state index in [4.69, 9.17) is 17.4 Å². The van der Waals surface area contributed by atoms with Crippen LogP contribution in [-0.4, -0.2) is 15.9 Å². The monoisotopic (exact) mass is 381 g/mol. The number of amides is 1. The van der Waals surface area contributed by atoms with Gasteiger partial charge < -0.3 is 11.1 Å². The summed E-state index contributed by atoms with van der Waals surface area (Å²) in [5.41, 5.74) is 9.60. The first kappa shape index (κ1) is 18.5. The molecule has 1 amide bonds. The van der Waals surface area contributed by atoms with Crippen molar-refractivity contribution >= 4 is 28.3 Å². The first-order chi connectivity index (χ1) is 14.0. The van der Waals surface area contributed by atoms with E-state index in [1.54, 1.807) is 12.3 Å². The molecule has 3 aromatic rings. The summed E-state index contributed by atoms with van der Waals surface area (Å²) < 4.78 is 0. The van der Waals surface area contributed by atoms with Crippen LogP contribution in [0.1, 0.15) is 24.0 Å². The van der Waals surface area contributed by atoms with Gasteiger partial charge in [0.05, 0.1) is 11.8 Å². The van der Waals surface area contributed by atoms with Gasteiger partial charge in [0, 0.05) is 35.0 Å². The molecule has 4 rings (SSSR count). The van der Waals surface area contributed by atoms with Crippen molar-refractivity contribution < 1.29 is 4.79 Å². The summed E-state index contributed by atoms with van der Waals surface area (Å²) in [6.45, 7) is 1.99. The van der Waals surface area contributed by atoms with Gasteiger partial charge in [-0.3, -0.25) is 4.79 Å². The van der Waals surface area contributed by atoms with Crippen LogP contribution in [0.4, 0.5) is 11.6 Å². The SMILES string of the molecule is C#Cc1ccc(C)c(-c2cc3cc(NC(=O)[C@@H]4C[C@H]4CC#N)ncc3c(N)n2)c1. The molecule has 1 aromatic carbocycles. The van der Waals surface area contributed by atoms with E-state index in [0.717, 1.165) is 28.5 Å². The second-order valence-electron chi connectivity index (χ2n) is 7.31. The number of aryl methyl sites for hydroxylation is 1. The molecule has 6 nitrogen and oxygen atoms in total. The van der Waals surface area contributed by atoms with Crippen LogP contribution in [0.3, 0.4) is 0 Å². The Labute approximate surface area is 168 Å². The van der Waals surface area contributed by atoms with Crippen molar-refractivity contribution in [1.29, 1.82) is 5.26 Å².